The number of nitrogens with zero attached hydrogens (tertiary/aromatic N) is 1. The summed E-state index contributed by atoms with van der Waals surface area (Å²) >= 11 is 1.89. The first kappa shape index (κ1) is 22.8. The molecule has 2 nitrogen and oxygen atoms in total. The Balaban J connectivity index is 1.40. The second-order valence-electron chi connectivity index (χ2n) is 7.70. The number of rotatable bonds is 10. The second kappa shape index (κ2) is 11.5. The van der Waals surface area contributed by atoms with E-state index in [1.54, 1.807) is 18.2 Å². The number of thiophene rings is 1. The van der Waals surface area contributed by atoms with Crippen LogP contribution in [0, 0.1) is 31.0 Å². The van der Waals surface area contributed by atoms with Gasteiger partial charge < -0.3 is 4.74 Å². The molecule has 0 unspecified atom stereocenters. The molecule has 0 N–H and O–H groups in total. The molecule has 160 valence electrons. The van der Waals surface area contributed by atoms with Crippen molar-refractivity contribution >= 4 is 23.0 Å². The molecule has 0 aliphatic heterocycles. The van der Waals surface area contributed by atoms with E-state index in [1.807, 2.05) is 35.6 Å². The SMILES string of the molecule is Cc1cc(CCCCCCOc2ccc(/C(C#N)=C/c3ccc(F)cc3)cc2)c(C)s1. The van der Waals surface area contributed by atoms with Gasteiger partial charge in [0.2, 0.25) is 0 Å². The maximum absolute atomic E-state index is 13.0. The van der Waals surface area contributed by atoms with Crippen LogP contribution in [-0.4, -0.2) is 6.61 Å². The van der Waals surface area contributed by atoms with Crippen LogP contribution in [0.1, 0.15) is 52.1 Å². The van der Waals surface area contributed by atoms with E-state index >= 15 is 0 Å². The zero-order valence-corrected chi connectivity index (χ0v) is 19.0. The highest BCUT2D eigenvalue weighted by Crippen LogP contribution is 2.23. The molecule has 1 heterocycles. The third-order valence-electron chi connectivity index (χ3n) is 5.22. The smallest absolute Gasteiger partial charge is 0.123 e. The molecule has 0 aliphatic carbocycles. The van der Waals surface area contributed by atoms with E-state index in [0.29, 0.717) is 12.2 Å². The van der Waals surface area contributed by atoms with Gasteiger partial charge in [-0.1, -0.05) is 25.0 Å². The number of hydrogen-bond acceptors (Lipinski definition) is 3. The van der Waals surface area contributed by atoms with Crippen LogP contribution in [0.5, 0.6) is 5.75 Å². The third kappa shape index (κ3) is 7.08. The summed E-state index contributed by atoms with van der Waals surface area (Å²) < 4.78 is 18.9. The first-order valence-corrected chi connectivity index (χ1v) is 11.5. The van der Waals surface area contributed by atoms with Crippen LogP contribution in [-0.2, 0) is 6.42 Å². The van der Waals surface area contributed by atoms with Gasteiger partial charge in [-0.25, -0.2) is 4.39 Å². The number of allylic oxidation sites excluding steroid dienone is 1. The Labute approximate surface area is 188 Å². The van der Waals surface area contributed by atoms with Gasteiger partial charge in [-0.2, -0.15) is 5.26 Å². The molecule has 0 spiro atoms. The van der Waals surface area contributed by atoms with Crippen LogP contribution in [0.4, 0.5) is 4.39 Å². The zero-order chi connectivity index (χ0) is 22.1. The second-order valence-corrected chi connectivity index (χ2v) is 9.16. The number of hydrogen-bond donors (Lipinski definition) is 0. The Morgan fingerprint density at radius 1 is 1.00 bits per heavy atom. The average Bonchev–Trinajstić information content (AvgIpc) is 3.10. The molecule has 2 aromatic carbocycles. The molecule has 0 aliphatic rings. The van der Waals surface area contributed by atoms with Crippen LogP contribution in [0.15, 0.2) is 54.6 Å². The normalized spacial score (nSPS) is 11.4. The summed E-state index contributed by atoms with van der Waals surface area (Å²) in [6, 6.07) is 18.2. The van der Waals surface area contributed by atoms with Crippen LogP contribution < -0.4 is 4.74 Å². The average molecular weight is 434 g/mol. The van der Waals surface area contributed by atoms with Gasteiger partial charge in [0.15, 0.2) is 0 Å². The van der Waals surface area contributed by atoms with Gasteiger partial charge >= 0.3 is 0 Å². The minimum absolute atomic E-state index is 0.287. The fourth-order valence-electron chi connectivity index (χ4n) is 3.53. The third-order valence-corrected chi connectivity index (χ3v) is 6.23. The summed E-state index contributed by atoms with van der Waals surface area (Å²) in [7, 11) is 0. The monoisotopic (exact) mass is 433 g/mol. The summed E-state index contributed by atoms with van der Waals surface area (Å²) in [6.45, 7) is 5.09. The molecule has 0 amide bonds. The lowest BCUT2D eigenvalue weighted by molar-refractivity contribution is 0.304. The van der Waals surface area contributed by atoms with Crippen molar-refractivity contribution in [3.63, 3.8) is 0 Å². The Bertz CT molecular complexity index is 1040. The van der Waals surface area contributed by atoms with Gasteiger partial charge in [0.1, 0.15) is 11.6 Å². The maximum Gasteiger partial charge on any atom is 0.123 e. The summed E-state index contributed by atoms with van der Waals surface area (Å²) in [5, 5.41) is 9.47. The Morgan fingerprint density at radius 3 is 2.35 bits per heavy atom. The van der Waals surface area contributed by atoms with E-state index in [4.69, 9.17) is 4.74 Å². The number of benzene rings is 2. The van der Waals surface area contributed by atoms with Crippen LogP contribution in [0.25, 0.3) is 11.6 Å². The van der Waals surface area contributed by atoms with Crippen molar-refractivity contribution in [1.29, 1.82) is 5.26 Å². The summed E-state index contributed by atoms with van der Waals surface area (Å²) in [5.74, 6) is 0.525. The van der Waals surface area contributed by atoms with Crippen molar-refractivity contribution in [1.82, 2.24) is 0 Å². The molecular weight excluding hydrogens is 405 g/mol. The predicted molar refractivity (Wildman–Crippen MR) is 128 cm³/mol. The van der Waals surface area contributed by atoms with Gasteiger partial charge in [0.05, 0.1) is 18.2 Å². The minimum atomic E-state index is -0.287. The molecule has 1 aromatic heterocycles. The highest BCUT2D eigenvalue weighted by Gasteiger charge is 2.04. The highest BCUT2D eigenvalue weighted by molar-refractivity contribution is 7.12. The lowest BCUT2D eigenvalue weighted by Crippen LogP contribution is -1.97. The molecule has 0 atom stereocenters. The van der Waals surface area contributed by atoms with Gasteiger partial charge in [0, 0.05) is 9.75 Å². The number of nitriles is 1. The van der Waals surface area contributed by atoms with Crippen LogP contribution in [0.3, 0.4) is 0 Å². The van der Waals surface area contributed by atoms with Crippen molar-refractivity contribution in [3.05, 3.63) is 86.9 Å². The van der Waals surface area contributed by atoms with Crippen molar-refractivity contribution in [2.75, 3.05) is 6.61 Å². The van der Waals surface area contributed by atoms with Gasteiger partial charge in [0.25, 0.3) is 0 Å². The van der Waals surface area contributed by atoms with Crippen LogP contribution in [0.2, 0.25) is 0 Å². The van der Waals surface area contributed by atoms with Crippen molar-refractivity contribution in [2.45, 2.75) is 46.0 Å². The van der Waals surface area contributed by atoms with Gasteiger partial charge in [-0.15, -0.1) is 11.3 Å². The zero-order valence-electron chi connectivity index (χ0n) is 18.2. The first-order valence-electron chi connectivity index (χ1n) is 10.7. The predicted octanol–water partition coefficient (Wildman–Crippen LogP) is 7.75. The number of ether oxygens (including phenoxy) is 1. The van der Waals surface area contributed by atoms with E-state index < -0.39 is 0 Å². The number of unbranched alkanes of at least 4 members (excludes halogenated alkanes) is 3. The van der Waals surface area contributed by atoms with Gasteiger partial charge in [-0.3, -0.25) is 0 Å². The summed E-state index contributed by atoms with van der Waals surface area (Å²) in [4.78, 5) is 2.86. The molecule has 3 rings (SSSR count). The van der Waals surface area contributed by atoms with E-state index in [0.717, 1.165) is 23.3 Å². The summed E-state index contributed by atoms with van der Waals surface area (Å²) in [5.41, 5.74) is 3.65. The van der Waals surface area contributed by atoms with Gasteiger partial charge in [-0.05, 0) is 98.3 Å². The minimum Gasteiger partial charge on any atom is -0.494 e. The molecule has 3 aromatic rings. The molecule has 31 heavy (non-hydrogen) atoms. The lowest BCUT2D eigenvalue weighted by Gasteiger charge is -2.07. The molecular formula is C27H28FNOS. The molecule has 4 heteroatoms. The highest BCUT2D eigenvalue weighted by atomic mass is 32.1. The first-order chi connectivity index (χ1) is 15.0. The fraction of sp³-hybridized carbons (Fsp3) is 0.296. The Kier molecular flexibility index (Phi) is 8.44. The van der Waals surface area contributed by atoms with E-state index in [1.165, 1.54) is 53.1 Å². The largest absolute Gasteiger partial charge is 0.494 e. The Morgan fingerprint density at radius 2 is 1.71 bits per heavy atom. The lowest BCUT2D eigenvalue weighted by atomic mass is 10.0. The summed E-state index contributed by atoms with van der Waals surface area (Å²) in [6.07, 6.45) is 7.58. The molecule has 0 saturated heterocycles. The Hall–Kier alpha value is -2.90. The van der Waals surface area contributed by atoms with Crippen molar-refractivity contribution in [3.8, 4) is 11.8 Å². The quantitative estimate of drug-likeness (QED) is 0.186. The van der Waals surface area contributed by atoms with Crippen molar-refractivity contribution < 1.29 is 9.13 Å². The standard InChI is InChI=1S/C27H28FNOS/c1-20-17-24(21(2)31-20)7-5-3-4-6-16-30-27-14-10-23(11-15-27)25(19-29)18-22-8-12-26(28)13-9-22/h8-15,17-18H,3-7,16H2,1-2H3/b25-18+. The molecule has 0 bridgehead atoms. The molecule has 0 radical (unpaired) electrons. The number of aryl methyl sites for hydroxylation is 3. The molecule has 0 fully saturated rings. The number of halogens is 1. The van der Waals surface area contributed by atoms with Crippen LogP contribution >= 0.6 is 11.3 Å². The maximum atomic E-state index is 13.0. The molecule has 0 saturated carbocycles. The van der Waals surface area contributed by atoms with E-state index in [-0.39, 0.29) is 5.82 Å². The fourth-order valence-corrected chi connectivity index (χ4v) is 4.51. The van der Waals surface area contributed by atoms with E-state index in [9.17, 15) is 9.65 Å². The van der Waals surface area contributed by atoms with E-state index in [2.05, 4.69) is 26.0 Å². The van der Waals surface area contributed by atoms with Crippen molar-refractivity contribution in [2.24, 2.45) is 0 Å². The topological polar surface area (TPSA) is 33.0 Å².